The number of ether oxygens (including phenoxy) is 1. The first-order chi connectivity index (χ1) is 16.4. The maximum Gasteiger partial charge on any atom is 0.226 e. The molecule has 1 aliphatic rings. The van der Waals surface area contributed by atoms with E-state index in [2.05, 4.69) is 49.5 Å². The Morgan fingerprint density at radius 2 is 2.06 bits per heavy atom. The molecular weight excluding hydrogens is 446 g/mol. The minimum Gasteiger partial charge on any atom is -0.383 e. The molecule has 7 nitrogen and oxygen atoms in total. The molecular formula is C26H31N5O2S. The predicted molar refractivity (Wildman–Crippen MR) is 139 cm³/mol. The van der Waals surface area contributed by atoms with Crippen molar-refractivity contribution in [2.45, 2.75) is 39.4 Å². The molecule has 0 aliphatic carbocycles. The summed E-state index contributed by atoms with van der Waals surface area (Å²) in [6.45, 7) is 7.12. The number of thiocarbonyl (C=S) groups is 1. The lowest BCUT2D eigenvalue weighted by atomic mass is 10.0. The van der Waals surface area contributed by atoms with Gasteiger partial charge >= 0.3 is 0 Å². The molecule has 178 valence electrons. The molecule has 1 saturated heterocycles. The lowest BCUT2D eigenvalue weighted by molar-refractivity contribution is -0.118. The summed E-state index contributed by atoms with van der Waals surface area (Å²) >= 11 is 5.84. The Bertz CT molecular complexity index is 1160. The number of rotatable bonds is 8. The average molecular weight is 478 g/mol. The maximum atomic E-state index is 12.2. The molecule has 2 unspecified atom stereocenters. The smallest absolute Gasteiger partial charge is 0.226 e. The number of amides is 1. The highest BCUT2D eigenvalue weighted by Crippen LogP contribution is 2.42. The van der Waals surface area contributed by atoms with Crippen molar-refractivity contribution in [1.82, 2.24) is 14.9 Å². The van der Waals surface area contributed by atoms with Crippen molar-refractivity contribution in [3.05, 3.63) is 77.9 Å². The van der Waals surface area contributed by atoms with E-state index >= 15 is 0 Å². The fourth-order valence-corrected chi connectivity index (χ4v) is 4.58. The van der Waals surface area contributed by atoms with E-state index in [1.54, 1.807) is 13.3 Å². The molecule has 1 fully saturated rings. The number of aryl methyl sites for hydroxylation is 1. The zero-order chi connectivity index (χ0) is 24.2. The van der Waals surface area contributed by atoms with Crippen LogP contribution in [0, 0.1) is 12.8 Å². The molecule has 0 radical (unpaired) electrons. The topological polar surface area (TPSA) is 71.4 Å². The molecule has 2 N–H and O–H groups in total. The minimum absolute atomic E-state index is 0.00160. The van der Waals surface area contributed by atoms with Crippen LogP contribution in [0.3, 0.4) is 0 Å². The molecule has 0 saturated carbocycles. The lowest BCUT2D eigenvalue weighted by Gasteiger charge is -2.29. The number of methoxy groups -OCH3 is 1. The van der Waals surface area contributed by atoms with E-state index in [-0.39, 0.29) is 23.9 Å². The molecule has 1 aliphatic heterocycles. The molecule has 3 heterocycles. The van der Waals surface area contributed by atoms with E-state index in [0.29, 0.717) is 11.7 Å². The summed E-state index contributed by atoms with van der Waals surface area (Å²) in [7, 11) is 1.71. The molecule has 8 heteroatoms. The summed E-state index contributed by atoms with van der Waals surface area (Å²) < 4.78 is 7.54. The Kier molecular flexibility index (Phi) is 7.29. The summed E-state index contributed by atoms with van der Waals surface area (Å²) in [5.74, 6) is -0.0869. The van der Waals surface area contributed by atoms with E-state index in [4.69, 9.17) is 17.0 Å². The molecule has 1 aromatic carbocycles. The maximum absolute atomic E-state index is 12.2. The third-order valence-electron chi connectivity index (χ3n) is 6.07. The molecule has 34 heavy (non-hydrogen) atoms. The van der Waals surface area contributed by atoms with Gasteiger partial charge in [-0.3, -0.25) is 9.78 Å². The van der Waals surface area contributed by atoms with Crippen LogP contribution in [0.1, 0.15) is 42.9 Å². The van der Waals surface area contributed by atoms with Gasteiger partial charge < -0.3 is 24.8 Å². The van der Waals surface area contributed by atoms with Crippen LogP contribution in [0.25, 0.3) is 0 Å². The Balaban J connectivity index is 1.74. The average Bonchev–Trinajstić information content (AvgIpc) is 3.43. The van der Waals surface area contributed by atoms with Crippen LogP contribution in [0.2, 0.25) is 0 Å². The number of aromatic nitrogens is 2. The molecule has 2 atom stereocenters. The van der Waals surface area contributed by atoms with Gasteiger partial charge in [-0.25, -0.2) is 0 Å². The largest absolute Gasteiger partial charge is 0.383 e. The van der Waals surface area contributed by atoms with Crippen LogP contribution >= 0.6 is 12.2 Å². The molecule has 1 amide bonds. The predicted octanol–water partition coefficient (Wildman–Crippen LogP) is 4.61. The van der Waals surface area contributed by atoms with Crippen molar-refractivity contribution in [3.63, 3.8) is 0 Å². The first-order valence-corrected chi connectivity index (χ1v) is 11.9. The van der Waals surface area contributed by atoms with Gasteiger partial charge in [0.05, 0.1) is 18.3 Å². The quantitative estimate of drug-likeness (QED) is 0.462. The van der Waals surface area contributed by atoms with Gasteiger partial charge in [-0.1, -0.05) is 19.9 Å². The van der Waals surface area contributed by atoms with Gasteiger partial charge in [-0.15, -0.1) is 0 Å². The number of pyridine rings is 1. The summed E-state index contributed by atoms with van der Waals surface area (Å²) in [6.07, 6.45) is 3.87. The number of benzene rings is 1. The fraction of sp³-hybridized carbons (Fsp3) is 0.346. The first kappa shape index (κ1) is 23.9. The van der Waals surface area contributed by atoms with Gasteiger partial charge in [0, 0.05) is 49.0 Å². The monoisotopic (exact) mass is 477 g/mol. The normalized spacial score (nSPS) is 17.8. The van der Waals surface area contributed by atoms with Gasteiger partial charge in [0.1, 0.15) is 6.04 Å². The minimum atomic E-state index is -0.120. The number of hydrogen-bond donors (Lipinski definition) is 2. The zero-order valence-corrected chi connectivity index (χ0v) is 20.8. The van der Waals surface area contributed by atoms with Crippen LogP contribution in [0.4, 0.5) is 11.4 Å². The van der Waals surface area contributed by atoms with Crippen molar-refractivity contribution < 1.29 is 9.53 Å². The second kappa shape index (κ2) is 10.4. The van der Waals surface area contributed by atoms with Crippen molar-refractivity contribution in [2.75, 3.05) is 23.9 Å². The van der Waals surface area contributed by atoms with Gasteiger partial charge in [-0.05, 0) is 67.2 Å². The van der Waals surface area contributed by atoms with Crippen LogP contribution in [0.5, 0.6) is 0 Å². The van der Waals surface area contributed by atoms with E-state index in [9.17, 15) is 4.79 Å². The summed E-state index contributed by atoms with van der Waals surface area (Å²) in [5.41, 5.74) is 4.79. The van der Waals surface area contributed by atoms with Crippen molar-refractivity contribution in [3.8, 4) is 0 Å². The van der Waals surface area contributed by atoms with E-state index in [0.717, 1.165) is 34.9 Å². The first-order valence-electron chi connectivity index (χ1n) is 11.5. The second-order valence-corrected chi connectivity index (χ2v) is 9.15. The van der Waals surface area contributed by atoms with Gasteiger partial charge in [0.2, 0.25) is 5.91 Å². The second-order valence-electron chi connectivity index (χ2n) is 8.76. The summed E-state index contributed by atoms with van der Waals surface area (Å²) in [5, 5.41) is 7.15. The molecule has 4 rings (SSSR count). The fourth-order valence-electron chi connectivity index (χ4n) is 4.24. The number of hydrogen-bond acceptors (Lipinski definition) is 4. The van der Waals surface area contributed by atoms with Crippen LogP contribution in [-0.4, -0.2) is 34.3 Å². The zero-order valence-electron chi connectivity index (χ0n) is 20.0. The van der Waals surface area contributed by atoms with Crippen molar-refractivity contribution in [2.24, 2.45) is 5.92 Å². The highest BCUT2D eigenvalue weighted by Gasteiger charge is 2.42. The van der Waals surface area contributed by atoms with Crippen molar-refractivity contribution >= 4 is 34.6 Å². The van der Waals surface area contributed by atoms with Crippen molar-refractivity contribution in [1.29, 1.82) is 0 Å². The van der Waals surface area contributed by atoms with Gasteiger partial charge in [0.15, 0.2) is 5.11 Å². The van der Waals surface area contributed by atoms with Crippen LogP contribution in [0.15, 0.2) is 60.9 Å². The third-order valence-corrected chi connectivity index (χ3v) is 6.39. The Morgan fingerprint density at radius 1 is 1.24 bits per heavy atom. The Labute approximate surface area is 206 Å². The van der Waals surface area contributed by atoms with E-state index in [1.165, 1.54) is 0 Å². The van der Waals surface area contributed by atoms with Gasteiger partial charge in [0.25, 0.3) is 0 Å². The number of anilines is 2. The number of nitrogens with one attached hydrogen (secondary N) is 2. The standard InChI is InChI=1S/C26H31N5O2S/c1-17(2)25(32)28-20-11-10-19(16-18(20)3)31-24(22-9-7-13-30(22)14-15-33-4)23(29-26(31)34)21-8-5-6-12-27-21/h5-13,16-17,23-24H,14-15H2,1-4H3,(H,28,32)(H,29,34). The van der Waals surface area contributed by atoms with E-state index in [1.807, 2.05) is 51.1 Å². The SMILES string of the molecule is COCCn1cccc1C1C(c2ccccn2)NC(=S)N1c1ccc(NC(=O)C(C)C)c(C)c1. The van der Waals surface area contributed by atoms with Gasteiger partial charge in [-0.2, -0.15) is 0 Å². The highest BCUT2D eigenvalue weighted by atomic mass is 32.1. The lowest BCUT2D eigenvalue weighted by Crippen LogP contribution is -2.30. The molecule has 3 aromatic rings. The highest BCUT2D eigenvalue weighted by molar-refractivity contribution is 7.80. The number of carbonyl (C=O) groups is 1. The Morgan fingerprint density at radius 3 is 2.74 bits per heavy atom. The Hall–Kier alpha value is -3.23. The van der Waals surface area contributed by atoms with E-state index < -0.39 is 0 Å². The number of nitrogens with zero attached hydrogens (tertiary/aromatic N) is 3. The molecule has 2 aromatic heterocycles. The third kappa shape index (κ3) is 4.83. The number of carbonyl (C=O) groups excluding carboxylic acids is 1. The van der Waals surface area contributed by atoms with Crippen LogP contribution < -0.4 is 15.5 Å². The molecule has 0 spiro atoms. The summed E-state index contributed by atoms with van der Waals surface area (Å²) in [4.78, 5) is 19.0. The molecule has 0 bridgehead atoms. The summed E-state index contributed by atoms with van der Waals surface area (Å²) in [6, 6.07) is 15.9. The van der Waals surface area contributed by atoms with Crippen LogP contribution in [-0.2, 0) is 16.1 Å².